The number of hydrogen-bond acceptors (Lipinski definition) is 4. The van der Waals surface area contributed by atoms with Crippen LogP contribution in [0.1, 0.15) is 9.67 Å². The molecule has 2 heterocycles. The van der Waals surface area contributed by atoms with E-state index in [1.807, 2.05) is 12.1 Å². The Hall–Kier alpha value is -2.11. The number of nitrogens with two attached hydrogens (primary N) is 1. The molecule has 2 aromatic heterocycles. The first kappa shape index (κ1) is 12.9. The van der Waals surface area contributed by atoms with Crippen molar-refractivity contribution in [2.45, 2.75) is 0 Å². The fourth-order valence-corrected chi connectivity index (χ4v) is 2.94. The normalized spacial score (nSPS) is 10.7. The standard InChI is InChI=1S/C14H10ClN3OS/c15-8-3-5-9(6-4-8)18-14(19)13-11(16)12-10(20-13)2-1-7-17-12/h1-7H,16H2,(H,18,19). The molecule has 0 radical (unpaired) electrons. The highest BCUT2D eigenvalue weighted by molar-refractivity contribution is 7.21. The quantitative estimate of drug-likeness (QED) is 0.757. The van der Waals surface area contributed by atoms with Gasteiger partial charge in [0.1, 0.15) is 10.4 Å². The van der Waals surface area contributed by atoms with Crippen LogP contribution in [0.15, 0.2) is 42.6 Å². The van der Waals surface area contributed by atoms with Crippen LogP contribution < -0.4 is 11.1 Å². The number of fused-ring (bicyclic) bond motifs is 1. The van der Waals surface area contributed by atoms with Gasteiger partial charge in [0.2, 0.25) is 0 Å². The number of amides is 1. The van der Waals surface area contributed by atoms with Crippen LogP contribution in [0.3, 0.4) is 0 Å². The number of hydrogen-bond donors (Lipinski definition) is 2. The lowest BCUT2D eigenvalue weighted by atomic mass is 10.3. The van der Waals surface area contributed by atoms with Crippen molar-refractivity contribution in [1.29, 1.82) is 0 Å². The SMILES string of the molecule is Nc1c(C(=O)Nc2ccc(Cl)cc2)sc2cccnc12. The third-order valence-corrected chi connectivity index (χ3v) is 4.20. The molecule has 1 aromatic carbocycles. The summed E-state index contributed by atoms with van der Waals surface area (Å²) in [5.41, 5.74) is 7.73. The Labute approximate surface area is 124 Å². The van der Waals surface area contributed by atoms with Gasteiger partial charge in [-0.25, -0.2) is 0 Å². The number of carbonyl (C=O) groups excluding carboxylic acids is 1. The zero-order chi connectivity index (χ0) is 14.1. The molecule has 0 bridgehead atoms. The minimum atomic E-state index is -0.243. The molecule has 3 rings (SSSR count). The van der Waals surface area contributed by atoms with E-state index in [1.165, 1.54) is 11.3 Å². The first-order valence-electron chi connectivity index (χ1n) is 5.85. The molecule has 0 aliphatic heterocycles. The van der Waals surface area contributed by atoms with Gasteiger partial charge in [0.15, 0.2) is 0 Å². The molecule has 0 atom stereocenters. The first-order chi connectivity index (χ1) is 9.65. The van der Waals surface area contributed by atoms with Crippen LogP contribution >= 0.6 is 22.9 Å². The molecule has 3 N–H and O–H groups in total. The molecular formula is C14H10ClN3OS. The Morgan fingerprint density at radius 2 is 2.00 bits per heavy atom. The topological polar surface area (TPSA) is 68.0 Å². The summed E-state index contributed by atoms with van der Waals surface area (Å²) >= 11 is 7.13. The Morgan fingerprint density at radius 3 is 2.70 bits per heavy atom. The fourth-order valence-electron chi connectivity index (χ4n) is 1.84. The molecule has 0 fully saturated rings. The number of nitrogens with zero attached hydrogens (tertiary/aromatic N) is 1. The number of pyridine rings is 1. The second-order valence-electron chi connectivity index (χ2n) is 4.16. The second-order valence-corrected chi connectivity index (χ2v) is 5.64. The van der Waals surface area contributed by atoms with E-state index in [9.17, 15) is 4.79 Å². The minimum absolute atomic E-state index is 0.243. The molecule has 20 heavy (non-hydrogen) atoms. The molecule has 1 amide bonds. The number of nitrogens with one attached hydrogen (secondary N) is 1. The van der Waals surface area contributed by atoms with Gasteiger partial charge >= 0.3 is 0 Å². The Kier molecular flexibility index (Phi) is 3.30. The van der Waals surface area contributed by atoms with Gasteiger partial charge in [0, 0.05) is 16.9 Å². The molecule has 0 saturated heterocycles. The van der Waals surface area contributed by atoms with Gasteiger partial charge in [-0.2, -0.15) is 0 Å². The lowest BCUT2D eigenvalue weighted by Crippen LogP contribution is -2.11. The van der Waals surface area contributed by atoms with Gasteiger partial charge in [-0.1, -0.05) is 11.6 Å². The van der Waals surface area contributed by atoms with Gasteiger partial charge in [-0.3, -0.25) is 9.78 Å². The van der Waals surface area contributed by atoms with Gasteiger partial charge in [-0.05, 0) is 36.4 Å². The second kappa shape index (κ2) is 5.11. The molecule has 4 nitrogen and oxygen atoms in total. The largest absolute Gasteiger partial charge is 0.396 e. The van der Waals surface area contributed by atoms with E-state index in [-0.39, 0.29) is 5.91 Å². The van der Waals surface area contributed by atoms with Gasteiger partial charge in [-0.15, -0.1) is 11.3 Å². The third-order valence-electron chi connectivity index (χ3n) is 2.79. The maximum absolute atomic E-state index is 12.2. The zero-order valence-corrected chi connectivity index (χ0v) is 11.8. The summed E-state index contributed by atoms with van der Waals surface area (Å²) in [5.74, 6) is -0.243. The summed E-state index contributed by atoms with van der Waals surface area (Å²) in [6.45, 7) is 0. The number of carbonyl (C=O) groups is 1. The van der Waals surface area contributed by atoms with Crippen molar-refractivity contribution < 1.29 is 4.79 Å². The highest BCUT2D eigenvalue weighted by Gasteiger charge is 2.17. The third kappa shape index (κ3) is 2.33. The molecule has 0 spiro atoms. The number of thiophene rings is 1. The first-order valence-corrected chi connectivity index (χ1v) is 7.04. The predicted octanol–water partition coefficient (Wildman–Crippen LogP) is 3.78. The van der Waals surface area contributed by atoms with E-state index in [0.29, 0.717) is 26.8 Å². The number of anilines is 2. The predicted molar refractivity (Wildman–Crippen MR) is 83.4 cm³/mol. The van der Waals surface area contributed by atoms with E-state index in [4.69, 9.17) is 17.3 Å². The van der Waals surface area contributed by atoms with Crippen molar-refractivity contribution in [2.24, 2.45) is 0 Å². The van der Waals surface area contributed by atoms with E-state index in [2.05, 4.69) is 10.3 Å². The zero-order valence-electron chi connectivity index (χ0n) is 10.3. The van der Waals surface area contributed by atoms with Crippen molar-refractivity contribution in [2.75, 3.05) is 11.1 Å². The maximum Gasteiger partial charge on any atom is 0.267 e. The van der Waals surface area contributed by atoms with Crippen molar-refractivity contribution in [3.05, 3.63) is 52.5 Å². The number of aromatic nitrogens is 1. The fraction of sp³-hybridized carbons (Fsp3) is 0. The summed E-state index contributed by atoms with van der Waals surface area (Å²) in [4.78, 5) is 16.9. The van der Waals surface area contributed by atoms with Gasteiger partial charge in [0.05, 0.1) is 10.4 Å². The number of benzene rings is 1. The van der Waals surface area contributed by atoms with Crippen LogP contribution in [0.5, 0.6) is 0 Å². The molecule has 6 heteroatoms. The van der Waals surface area contributed by atoms with Crippen LogP contribution in [0.2, 0.25) is 5.02 Å². The van der Waals surface area contributed by atoms with Crippen LogP contribution in [0, 0.1) is 0 Å². The molecular weight excluding hydrogens is 294 g/mol. The highest BCUT2D eigenvalue weighted by Crippen LogP contribution is 2.32. The average Bonchev–Trinajstić information content (AvgIpc) is 2.79. The number of halogens is 1. The van der Waals surface area contributed by atoms with Crippen molar-refractivity contribution in [3.63, 3.8) is 0 Å². The van der Waals surface area contributed by atoms with Gasteiger partial charge in [0.25, 0.3) is 5.91 Å². The van der Waals surface area contributed by atoms with Crippen molar-refractivity contribution in [3.8, 4) is 0 Å². The molecule has 100 valence electrons. The summed E-state index contributed by atoms with van der Waals surface area (Å²) in [5, 5.41) is 3.41. The van der Waals surface area contributed by atoms with E-state index in [1.54, 1.807) is 30.5 Å². The Balaban J connectivity index is 1.92. The summed E-state index contributed by atoms with van der Waals surface area (Å²) < 4.78 is 0.895. The average molecular weight is 304 g/mol. The summed E-state index contributed by atoms with van der Waals surface area (Å²) in [7, 11) is 0. The van der Waals surface area contributed by atoms with Crippen molar-refractivity contribution in [1.82, 2.24) is 4.98 Å². The van der Waals surface area contributed by atoms with E-state index < -0.39 is 0 Å². The van der Waals surface area contributed by atoms with Crippen LogP contribution in [-0.4, -0.2) is 10.9 Å². The highest BCUT2D eigenvalue weighted by atomic mass is 35.5. The Morgan fingerprint density at radius 1 is 1.25 bits per heavy atom. The minimum Gasteiger partial charge on any atom is -0.396 e. The van der Waals surface area contributed by atoms with Crippen molar-refractivity contribution >= 4 is 50.4 Å². The number of nitrogen functional groups attached to an aromatic ring is 1. The maximum atomic E-state index is 12.2. The number of rotatable bonds is 2. The molecule has 3 aromatic rings. The summed E-state index contributed by atoms with van der Waals surface area (Å²) in [6, 6.07) is 10.6. The van der Waals surface area contributed by atoms with Crippen LogP contribution in [0.25, 0.3) is 10.2 Å². The van der Waals surface area contributed by atoms with Gasteiger partial charge < -0.3 is 11.1 Å². The molecule has 0 saturated carbocycles. The Bertz CT molecular complexity index is 783. The molecule has 0 unspecified atom stereocenters. The lowest BCUT2D eigenvalue weighted by molar-refractivity contribution is 0.103. The smallest absolute Gasteiger partial charge is 0.267 e. The molecule has 0 aliphatic carbocycles. The van der Waals surface area contributed by atoms with E-state index >= 15 is 0 Å². The lowest BCUT2D eigenvalue weighted by Gasteiger charge is -2.04. The molecule has 0 aliphatic rings. The van der Waals surface area contributed by atoms with E-state index in [0.717, 1.165) is 4.70 Å². The van der Waals surface area contributed by atoms with Crippen LogP contribution in [-0.2, 0) is 0 Å². The van der Waals surface area contributed by atoms with Crippen LogP contribution in [0.4, 0.5) is 11.4 Å². The monoisotopic (exact) mass is 303 g/mol. The summed E-state index contributed by atoms with van der Waals surface area (Å²) in [6.07, 6.45) is 1.66.